The van der Waals surface area contributed by atoms with Crippen LogP contribution < -0.4 is 15.4 Å². The van der Waals surface area contributed by atoms with Gasteiger partial charge in [0.2, 0.25) is 0 Å². The van der Waals surface area contributed by atoms with E-state index in [9.17, 15) is 5.11 Å². The van der Waals surface area contributed by atoms with E-state index < -0.39 is 6.10 Å². The first-order valence-electron chi connectivity index (χ1n) is 10.2. The largest absolute Gasteiger partial charge is 0.491 e. The molecule has 7 nitrogen and oxygen atoms in total. The second kappa shape index (κ2) is 12.8. The van der Waals surface area contributed by atoms with Crippen molar-refractivity contribution in [2.45, 2.75) is 45.4 Å². The number of aliphatic hydroxyl groups excluding tert-OH is 1. The first-order valence-corrected chi connectivity index (χ1v) is 10.2. The maximum absolute atomic E-state index is 10.2. The second-order valence-corrected chi connectivity index (χ2v) is 7.16. The number of benzene rings is 1. The van der Waals surface area contributed by atoms with Gasteiger partial charge in [-0.25, -0.2) is 4.99 Å². The van der Waals surface area contributed by atoms with E-state index in [-0.39, 0.29) is 30.1 Å². The molecule has 1 fully saturated rings. The van der Waals surface area contributed by atoms with Crippen LogP contribution in [0.25, 0.3) is 0 Å². The monoisotopic (exact) mass is 529 g/mol. The lowest BCUT2D eigenvalue weighted by molar-refractivity contribution is 0.0676. The summed E-state index contributed by atoms with van der Waals surface area (Å²) in [6.07, 6.45) is 3.13. The fraction of sp³-hybridized carbons (Fsp3) is 0.500. The van der Waals surface area contributed by atoms with E-state index in [0.717, 1.165) is 42.9 Å². The highest BCUT2D eigenvalue weighted by Gasteiger charge is 2.17. The molecule has 2 atom stereocenters. The van der Waals surface area contributed by atoms with Gasteiger partial charge in [0.1, 0.15) is 24.2 Å². The summed E-state index contributed by atoms with van der Waals surface area (Å²) in [4.78, 5) is 4.65. The third kappa shape index (κ3) is 7.48. The molecule has 3 rings (SSSR count). The summed E-state index contributed by atoms with van der Waals surface area (Å²) in [6.45, 7) is 6.92. The number of guanidine groups is 1. The molecular weight excluding hydrogens is 497 g/mol. The van der Waals surface area contributed by atoms with Crippen LogP contribution in [0.4, 0.5) is 0 Å². The van der Waals surface area contributed by atoms with Crippen LogP contribution in [0.2, 0.25) is 0 Å². The predicted octanol–water partition coefficient (Wildman–Crippen LogP) is 3.55. The Bertz CT molecular complexity index is 777. The fourth-order valence-corrected chi connectivity index (χ4v) is 3.17. The molecule has 3 N–H and O–H groups in total. The van der Waals surface area contributed by atoms with Gasteiger partial charge < -0.3 is 29.6 Å². The number of ether oxygens (including phenoxy) is 2. The lowest BCUT2D eigenvalue weighted by Crippen LogP contribution is -2.39. The number of hydrogen-bond donors (Lipinski definition) is 3. The van der Waals surface area contributed by atoms with E-state index in [1.54, 1.807) is 18.4 Å². The Hall–Kier alpha value is -1.78. The lowest BCUT2D eigenvalue weighted by Gasteiger charge is -2.16. The van der Waals surface area contributed by atoms with Gasteiger partial charge in [-0.05, 0) is 50.5 Å². The third-order valence-electron chi connectivity index (χ3n) is 4.76. The fourth-order valence-electron chi connectivity index (χ4n) is 3.17. The number of aryl methyl sites for hydroxylation is 1. The molecule has 2 aromatic rings. The molecule has 8 heteroatoms. The molecule has 30 heavy (non-hydrogen) atoms. The highest BCUT2D eigenvalue weighted by molar-refractivity contribution is 14.0. The standard InChI is InChI=1S/C22H31N3O4.HI/c1-3-23-22(25-14-19(26)20-7-5-11-28-20)24-13-17-9-8-16(2)12-21(17)29-15-18-6-4-10-27-18;/h5,7-9,11-12,18-19,26H,3-4,6,10,13-15H2,1-2H3,(H2,23,24,25);1H. The Labute approximate surface area is 195 Å². The zero-order chi connectivity index (χ0) is 20.5. The quantitative estimate of drug-likeness (QED) is 0.262. The van der Waals surface area contributed by atoms with Gasteiger partial charge in [-0.15, -0.1) is 24.0 Å². The van der Waals surface area contributed by atoms with Crippen molar-refractivity contribution in [3.05, 3.63) is 53.5 Å². The van der Waals surface area contributed by atoms with Crippen molar-refractivity contribution in [3.8, 4) is 5.75 Å². The summed E-state index contributed by atoms with van der Waals surface area (Å²) in [5.74, 6) is 2.00. The topological polar surface area (TPSA) is 88.3 Å². The van der Waals surface area contributed by atoms with E-state index in [0.29, 0.717) is 31.4 Å². The molecule has 0 amide bonds. The van der Waals surface area contributed by atoms with Crippen molar-refractivity contribution >= 4 is 29.9 Å². The Morgan fingerprint density at radius 3 is 2.90 bits per heavy atom. The van der Waals surface area contributed by atoms with Crippen LogP contribution in [0.1, 0.15) is 42.8 Å². The number of rotatable bonds is 9. The Kier molecular flexibility index (Phi) is 10.5. The molecule has 166 valence electrons. The number of halogens is 1. The van der Waals surface area contributed by atoms with E-state index in [1.165, 1.54) is 0 Å². The summed E-state index contributed by atoms with van der Waals surface area (Å²) in [5, 5.41) is 16.5. The van der Waals surface area contributed by atoms with E-state index in [2.05, 4.69) is 21.7 Å². The number of nitrogens with zero attached hydrogens (tertiary/aromatic N) is 1. The van der Waals surface area contributed by atoms with Crippen LogP contribution in [0.15, 0.2) is 46.0 Å². The zero-order valence-corrected chi connectivity index (χ0v) is 19.9. The first-order chi connectivity index (χ1) is 14.2. The Morgan fingerprint density at radius 2 is 2.20 bits per heavy atom. The first kappa shape index (κ1) is 24.5. The maximum Gasteiger partial charge on any atom is 0.191 e. The lowest BCUT2D eigenvalue weighted by atomic mass is 10.1. The van der Waals surface area contributed by atoms with E-state index in [1.807, 2.05) is 26.0 Å². The minimum absolute atomic E-state index is 0. The predicted molar refractivity (Wildman–Crippen MR) is 128 cm³/mol. The minimum Gasteiger partial charge on any atom is -0.491 e. The van der Waals surface area contributed by atoms with E-state index in [4.69, 9.17) is 13.9 Å². The van der Waals surface area contributed by atoms with Gasteiger partial charge in [0, 0.05) is 18.7 Å². The van der Waals surface area contributed by atoms with Crippen LogP contribution in [0.5, 0.6) is 5.75 Å². The van der Waals surface area contributed by atoms with Crippen LogP contribution >= 0.6 is 24.0 Å². The number of aliphatic hydroxyl groups is 1. The number of aliphatic imine (C=N–C) groups is 1. The van der Waals surface area contributed by atoms with Gasteiger partial charge in [-0.1, -0.05) is 12.1 Å². The van der Waals surface area contributed by atoms with Gasteiger partial charge in [0.05, 0.1) is 25.5 Å². The summed E-state index contributed by atoms with van der Waals surface area (Å²) in [5.41, 5.74) is 2.16. The van der Waals surface area contributed by atoms with Gasteiger partial charge in [-0.2, -0.15) is 0 Å². The zero-order valence-electron chi connectivity index (χ0n) is 17.6. The number of furan rings is 1. The van der Waals surface area contributed by atoms with Gasteiger partial charge in [-0.3, -0.25) is 0 Å². The minimum atomic E-state index is -0.737. The van der Waals surface area contributed by atoms with Crippen LogP contribution in [-0.2, 0) is 11.3 Å². The molecule has 0 aliphatic carbocycles. The highest BCUT2D eigenvalue weighted by Crippen LogP contribution is 2.23. The van der Waals surface area contributed by atoms with Gasteiger partial charge >= 0.3 is 0 Å². The van der Waals surface area contributed by atoms with Gasteiger partial charge in [0.15, 0.2) is 5.96 Å². The second-order valence-electron chi connectivity index (χ2n) is 7.16. The molecular formula is C22H32IN3O4. The van der Waals surface area contributed by atoms with Crippen LogP contribution in [0, 0.1) is 6.92 Å². The van der Waals surface area contributed by atoms with Crippen molar-refractivity contribution in [3.63, 3.8) is 0 Å². The molecule has 1 aliphatic heterocycles. The molecule has 0 saturated carbocycles. The Morgan fingerprint density at radius 1 is 1.33 bits per heavy atom. The van der Waals surface area contributed by atoms with Crippen molar-refractivity contribution in [1.82, 2.24) is 10.6 Å². The summed E-state index contributed by atoms with van der Waals surface area (Å²) < 4.78 is 16.9. The molecule has 0 spiro atoms. The summed E-state index contributed by atoms with van der Waals surface area (Å²) >= 11 is 0. The maximum atomic E-state index is 10.2. The van der Waals surface area contributed by atoms with Crippen molar-refractivity contribution < 1.29 is 19.0 Å². The normalized spacial score (nSPS) is 17.3. The average Bonchev–Trinajstić information content (AvgIpc) is 3.43. The number of nitrogens with one attached hydrogen (secondary N) is 2. The molecule has 1 aliphatic rings. The molecule has 1 aromatic heterocycles. The van der Waals surface area contributed by atoms with Crippen LogP contribution in [-0.4, -0.2) is 43.5 Å². The molecule has 2 heterocycles. The van der Waals surface area contributed by atoms with Crippen LogP contribution in [0.3, 0.4) is 0 Å². The smallest absolute Gasteiger partial charge is 0.191 e. The third-order valence-corrected chi connectivity index (χ3v) is 4.76. The van der Waals surface area contributed by atoms with Crippen molar-refractivity contribution in [2.24, 2.45) is 4.99 Å². The molecule has 1 saturated heterocycles. The highest BCUT2D eigenvalue weighted by atomic mass is 127. The van der Waals surface area contributed by atoms with Gasteiger partial charge in [0.25, 0.3) is 0 Å². The number of hydrogen-bond acceptors (Lipinski definition) is 5. The average molecular weight is 529 g/mol. The molecule has 2 unspecified atom stereocenters. The molecule has 0 radical (unpaired) electrons. The molecule has 1 aromatic carbocycles. The summed E-state index contributed by atoms with van der Waals surface area (Å²) in [7, 11) is 0. The Balaban J connectivity index is 0.00000320. The SMILES string of the molecule is CCNC(=NCc1ccc(C)cc1OCC1CCCO1)NCC(O)c1ccco1.I. The molecule has 0 bridgehead atoms. The van der Waals surface area contributed by atoms with Crippen molar-refractivity contribution in [1.29, 1.82) is 0 Å². The van der Waals surface area contributed by atoms with E-state index >= 15 is 0 Å². The summed E-state index contributed by atoms with van der Waals surface area (Å²) in [6, 6.07) is 9.66. The van der Waals surface area contributed by atoms with Crippen molar-refractivity contribution in [2.75, 3.05) is 26.3 Å².